The molecule has 2 aromatic carbocycles. The maximum absolute atomic E-state index is 6.45. The molecule has 0 fully saturated rings. The third-order valence-corrected chi connectivity index (χ3v) is 5.99. The Morgan fingerprint density at radius 3 is 2.59 bits per heavy atom. The van der Waals surface area contributed by atoms with Crippen molar-refractivity contribution in [2.75, 3.05) is 5.32 Å². The molecule has 2 aliphatic rings. The van der Waals surface area contributed by atoms with Gasteiger partial charge in [-0.05, 0) is 41.7 Å². The molecule has 0 spiro atoms. The van der Waals surface area contributed by atoms with Crippen molar-refractivity contribution in [3.8, 4) is 0 Å². The molecular weight excluding hydrogens is 381 g/mol. The van der Waals surface area contributed by atoms with Crippen molar-refractivity contribution < 1.29 is 0 Å². The lowest BCUT2D eigenvalue weighted by molar-refractivity contribution is 0.425. The summed E-state index contributed by atoms with van der Waals surface area (Å²) >= 11 is 16.2. The summed E-state index contributed by atoms with van der Waals surface area (Å²) < 4.78 is 1.09. The minimum absolute atomic E-state index is 0.247. The Bertz CT molecular complexity index is 754. The highest BCUT2D eigenvalue weighted by Crippen LogP contribution is 2.52. The van der Waals surface area contributed by atoms with E-state index >= 15 is 0 Å². The molecular formula is C18H14BrCl2N. The van der Waals surface area contributed by atoms with Crippen LogP contribution in [0, 0.1) is 5.92 Å². The van der Waals surface area contributed by atoms with Crippen LogP contribution in [0.5, 0.6) is 0 Å². The summed E-state index contributed by atoms with van der Waals surface area (Å²) in [6, 6.07) is 12.8. The summed E-state index contributed by atoms with van der Waals surface area (Å²) in [5.41, 5.74) is 3.51. The number of rotatable bonds is 1. The molecule has 0 aromatic heterocycles. The fraction of sp³-hybridized carbons (Fsp3) is 0.222. The second kappa shape index (κ2) is 5.59. The number of anilines is 1. The summed E-state index contributed by atoms with van der Waals surface area (Å²) in [5.74, 6) is 0.922. The number of benzene rings is 2. The van der Waals surface area contributed by atoms with E-state index in [0.717, 1.165) is 16.6 Å². The van der Waals surface area contributed by atoms with E-state index in [1.807, 2.05) is 6.07 Å². The zero-order chi connectivity index (χ0) is 15.3. The van der Waals surface area contributed by atoms with E-state index in [4.69, 9.17) is 23.2 Å². The first kappa shape index (κ1) is 14.6. The van der Waals surface area contributed by atoms with E-state index < -0.39 is 0 Å². The van der Waals surface area contributed by atoms with Gasteiger partial charge in [0.1, 0.15) is 0 Å². The van der Waals surface area contributed by atoms with Gasteiger partial charge in [-0.3, -0.25) is 0 Å². The number of nitrogens with one attached hydrogen (secondary N) is 1. The van der Waals surface area contributed by atoms with Crippen LogP contribution >= 0.6 is 39.1 Å². The van der Waals surface area contributed by atoms with Gasteiger partial charge in [-0.1, -0.05) is 69.5 Å². The minimum atomic E-state index is 0.247. The van der Waals surface area contributed by atoms with Crippen molar-refractivity contribution in [2.45, 2.75) is 18.4 Å². The normalized spacial score (nSPS) is 25.5. The Kier molecular flexibility index (Phi) is 3.72. The molecule has 0 saturated carbocycles. The van der Waals surface area contributed by atoms with E-state index in [0.29, 0.717) is 21.9 Å². The molecule has 3 atom stereocenters. The van der Waals surface area contributed by atoms with Gasteiger partial charge in [-0.25, -0.2) is 0 Å². The molecule has 0 amide bonds. The van der Waals surface area contributed by atoms with Gasteiger partial charge < -0.3 is 5.32 Å². The van der Waals surface area contributed by atoms with Crippen molar-refractivity contribution >= 4 is 44.8 Å². The van der Waals surface area contributed by atoms with Gasteiger partial charge in [0.15, 0.2) is 0 Å². The summed E-state index contributed by atoms with van der Waals surface area (Å²) in [6.07, 6.45) is 5.67. The molecule has 112 valence electrons. The Labute approximate surface area is 148 Å². The van der Waals surface area contributed by atoms with Crippen molar-refractivity contribution in [2.24, 2.45) is 5.92 Å². The zero-order valence-electron chi connectivity index (χ0n) is 11.7. The van der Waals surface area contributed by atoms with E-state index in [-0.39, 0.29) is 6.04 Å². The van der Waals surface area contributed by atoms with Gasteiger partial charge in [0.25, 0.3) is 0 Å². The fourth-order valence-corrected chi connectivity index (χ4v) is 4.25. The van der Waals surface area contributed by atoms with E-state index in [1.54, 1.807) is 0 Å². The highest BCUT2D eigenvalue weighted by Gasteiger charge is 2.38. The maximum Gasteiger partial charge on any atom is 0.0826 e. The van der Waals surface area contributed by atoms with E-state index in [9.17, 15) is 0 Å². The van der Waals surface area contributed by atoms with Crippen LogP contribution in [0.2, 0.25) is 10.0 Å². The van der Waals surface area contributed by atoms with Gasteiger partial charge in [0.2, 0.25) is 0 Å². The number of hydrogen-bond donors (Lipinski definition) is 1. The molecule has 1 aliphatic carbocycles. The molecule has 2 aromatic rings. The Balaban J connectivity index is 1.82. The molecule has 0 bridgehead atoms. The first-order chi connectivity index (χ1) is 10.6. The highest BCUT2D eigenvalue weighted by molar-refractivity contribution is 9.10. The Morgan fingerprint density at radius 1 is 1.05 bits per heavy atom. The van der Waals surface area contributed by atoms with Crippen LogP contribution in [0.4, 0.5) is 5.69 Å². The van der Waals surface area contributed by atoms with Crippen molar-refractivity contribution in [3.05, 3.63) is 74.2 Å². The quantitative estimate of drug-likeness (QED) is 0.538. The second-order valence-corrected chi connectivity index (χ2v) is 7.55. The molecule has 1 aliphatic heterocycles. The number of fused-ring (bicyclic) bond motifs is 3. The first-order valence-corrected chi connectivity index (χ1v) is 8.86. The smallest absolute Gasteiger partial charge is 0.0826 e. The average molecular weight is 395 g/mol. The molecule has 1 N–H and O–H groups in total. The molecule has 4 heteroatoms. The van der Waals surface area contributed by atoms with Gasteiger partial charge in [-0.2, -0.15) is 0 Å². The molecule has 0 unspecified atom stereocenters. The predicted octanol–water partition coefficient (Wildman–Crippen LogP) is 6.58. The number of allylic oxidation sites excluding steroid dienone is 2. The molecule has 1 nitrogen and oxygen atoms in total. The molecule has 0 saturated heterocycles. The fourth-order valence-electron chi connectivity index (χ4n) is 3.60. The summed E-state index contributed by atoms with van der Waals surface area (Å²) in [6.45, 7) is 0. The predicted molar refractivity (Wildman–Crippen MR) is 97.0 cm³/mol. The van der Waals surface area contributed by atoms with Gasteiger partial charge in [-0.15, -0.1) is 0 Å². The molecule has 22 heavy (non-hydrogen) atoms. The first-order valence-electron chi connectivity index (χ1n) is 7.31. The largest absolute Gasteiger partial charge is 0.376 e. The highest BCUT2D eigenvalue weighted by atomic mass is 79.9. The molecule has 1 heterocycles. The summed E-state index contributed by atoms with van der Waals surface area (Å²) in [5, 5.41) is 4.87. The Morgan fingerprint density at radius 2 is 1.82 bits per heavy atom. The van der Waals surface area contributed by atoms with Crippen LogP contribution in [0.1, 0.15) is 29.5 Å². The van der Waals surface area contributed by atoms with E-state index in [1.165, 1.54) is 11.1 Å². The summed E-state index contributed by atoms with van der Waals surface area (Å²) in [7, 11) is 0. The lowest BCUT2D eigenvalue weighted by Gasteiger charge is -2.38. The van der Waals surface area contributed by atoms with Crippen molar-refractivity contribution in [3.63, 3.8) is 0 Å². The van der Waals surface area contributed by atoms with Gasteiger partial charge in [0.05, 0.1) is 21.8 Å². The monoisotopic (exact) mass is 393 g/mol. The van der Waals surface area contributed by atoms with Crippen LogP contribution in [0.25, 0.3) is 0 Å². The maximum atomic E-state index is 6.45. The van der Waals surface area contributed by atoms with Crippen LogP contribution in [0.15, 0.2) is 53.0 Å². The molecule has 4 rings (SSSR count). The van der Waals surface area contributed by atoms with Gasteiger partial charge in [0, 0.05) is 10.4 Å². The standard InChI is InChI=1S/C18H14BrCl2N/c19-11-6-4-10(5-7-11)17-13-3-1-2-12(13)14-8-9-15(20)16(21)18(14)22-17/h1-2,4-9,12-13,17,22H,3H2/t12-,13+,17-/m1/s1. The third kappa shape index (κ3) is 2.29. The lowest BCUT2D eigenvalue weighted by Crippen LogP contribution is -2.29. The van der Waals surface area contributed by atoms with Crippen molar-refractivity contribution in [1.82, 2.24) is 0 Å². The zero-order valence-corrected chi connectivity index (χ0v) is 14.8. The Hall–Kier alpha value is -0.960. The SMILES string of the molecule is Clc1ccc2c(c1Cl)N[C@H](c1ccc(Br)cc1)[C@H]1CC=C[C@@H]21. The van der Waals surface area contributed by atoms with Crippen LogP contribution < -0.4 is 5.32 Å². The van der Waals surface area contributed by atoms with Crippen molar-refractivity contribution in [1.29, 1.82) is 0 Å². The lowest BCUT2D eigenvalue weighted by atomic mass is 9.77. The van der Waals surface area contributed by atoms with Gasteiger partial charge >= 0.3 is 0 Å². The molecule has 0 radical (unpaired) electrons. The summed E-state index contributed by atoms with van der Waals surface area (Å²) in [4.78, 5) is 0. The third-order valence-electron chi connectivity index (χ3n) is 4.66. The topological polar surface area (TPSA) is 12.0 Å². The van der Waals surface area contributed by atoms with Crippen LogP contribution in [0.3, 0.4) is 0 Å². The number of halogens is 3. The average Bonchev–Trinajstić information content (AvgIpc) is 3.01. The second-order valence-electron chi connectivity index (χ2n) is 5.85. The van der Waals surface area contributed by atoms with E-state index in [2.05, 4.69) is 63.7 Å². The van der Waals surface area contributed by atoms with Crippen LogP contribution in [-0.2, 0) is 0 Å². The van der Waals surface area contributed by atoms with Crippen LogP contribution in [-0.4, -0.2) is 0 Å². The minimum Gasteiger partial charge on any atom is -0.376 e. The number of hydrogen-bond acceptors (Lipinski definition) is 1.